The first kappa shape index (κ1) is 38.0. The minimum Gasteiger partial charge on any atom is -0.462 e. The molecule has 1 heterocycles. The molecule has 11 atom stereocenters. The van der Waals surface area contributed by atoms with Crippen LogP contribution in [-0.2, 0) is 33.3 Å². The number of ether oxygens (including phenoxy) is 5. The zero-order valence-corrected chi connectivity index (χ0v) is 32.4. The molecule has 0 aromatic heterocycles. The fourth-order valence-electron chi connectivity index (χ4n) is 12.3. The van der Waals surface area contributed by atoms with Gasteiger partial charge in [-0.15, -0.1) is 0 Å². The van der Waals surface area contributed by atoms with Gasteiger partial charge in [-0.3, -0.25) is 9.59 Å². The smallest absolute Gasteiger partial charge is 0.338 e. The second-order valence-electron chi connectivity index (χ2n) is 18.0. The largest absolute Gasteiger partial charge is 0.462 e. The molecule has 5 aliphatic rings. The zero-order chi connectivity index (χ0) is 37.4. The molecule has 1 N–H and O–H groups in total. The van der Waals surface area contributed by atoms with Crippen LogP contribution in [0, 0.1) is 45.3 Å². The minimum absolute atomic E-state index is 0.0273. The molecule has 3 unspecified atom stereocenters. The van der Waals surface area contributed by atoms with Crippen molar-refractivity contribution in [2.24, 2.45) is 45.3 Å². The Morgan fingerprint density at radius 3 is 2.06 bits per heavy atom. The molecular weight excluding hydrogens is 648 g/mol. The van der Waals surface area contributed by atoms with Gasteiger partial charge >= 0.3 is 17.9 Å². The SMILES string of the molecule is CO[C@@]1(C(C)(C)O)CC[C@@H](C2CC=C3[C@@]4(C)C(CC[C@]32C)[C@]2(C)C(C[C@H]4OC(C)=O)C(C)(C)[C@H](OC(=O)c3ccccc3)C[C@@H]2OC(C)=O)CO1. The van der Waals surface area contributed by atoms with E-state index in [0.29, 0.717) is 37.4 Å². The Kier molecular flexibility index (Phi) is 9.67. The lowest BCUT2D eigenvalue weighted by atomic mass is 9.36. The number of allylic oxidation sites excluding steroid dienone is 1. The molecule has 1 aromatic carbocycles. The van der Waals surface area contributed by atoms with Gasteiger partial charge in [0.05, 0.1) is 12.2 Å². The first-order chi connectivity index (χ1) is 23.8. The van der Waals surface area contributed by atoms with Crippen molar-refractivity contribution in [1.29, 1.82) is 0 Å². The molecule has 0 amide bonds. The van der Waals surface area contributed by atoms with E-state index >= 15 is 0 Å². The summed E-state index contributed by atoms with van der Waals surface area (Å²) >= 11 is 0. The summed E-state index contributed by atoms with van der Waals surface area (Å²) in [5.74, 6) is -1.57. The number of fused-ring (bicyclic) bond motifs is 5. The zero-order valence-electron chi connectivity index (χ0n) is 32.4. The van der Waals surface area contributed by atoms with Gasteiger partial charge in [-0.1, -0.05) is 64.5 Å². The van der Waals surface area contributed by atoms with Gasteiger partial charge in [0.25, 0.3) is 0 Å². The molecule has 3 saturated carbocycles. The topological polar surface area (TPSA) is 118 Å². The third-order valence-electron chi connectivity index (χ3n) is 14.8. The number of aliphatic hydroxyl groups is 1. The normalized spacial score (nSPS) is 41.6. The van der Waals surface area contributed by atoms with Gasteiger partial charge in [-0.25, -0.2) is 4.79 Å². The molecule has 282 valence electrons. The summed E-state index contributed by atoms with van der Waals surface area (Å²) in [6, 6.07) is 8.99. The third-order valence-corrected chi connectivity index (χ3v) is 14.8. The van der Waals surface area contributed by atoms with Crippen LogP contribution in [0.3, 0.4) is 0 Å². The maximum Gasteiger partial charge on any atom is 0.338 e. The Bertz CT molecular complexity index is 1530. The highest BCUT2D eigenvalue weighted by Gasteiger charge is 2.73. The number of rotatable bonds is 7. The Hall–Kier alpha value is -2.75. The number of esters is 3. The maximum absolute atomic E-state index is 13.4. The van der Waals surface area contributed by atoms with E-state index in [1.54, 1.807) is 33.1 Å². The molecule has 0 bridgehead atoms. The minimum atomic E-state index is -1.14. The van der Waals surface area contributed by atoms with Crippen molar-refractivity contribution in [2.45, 2.75) is 137 Å². The molecule has 0 spiro atoms. The third kappa shape index (κ3) is 5.88. The summed E-state index contributed by atoms with van der Waals surface area (Å²) in [4.78, 5) is 39.2. The van der Waals surface area contributed by atoms with Crippen LogP contribution in [0.15, 0.2) is 42.0 Å². The van der Waals surface area contributed by atoms with Crippen molar-refractivity contribution in [3.05, 3.63) is 47.5 Å². The quantitative estimate of drug-likeness (QED) is 0.175. The highest BCUT2D eigenvalue weighted by Crippen LogP contribution is 2.74. The fourth-order valence-corrected chi connectivity index (χ4v) is 12.3. The Morgan fingerprint density at radius 2 is 1.49 bits per heavy atom. The molecule has 4 aliphatic carbocycles. The summed E-state index contributed by atoms with van der Waals surface area (Å²) < 4.78 is 31.2. The van der Waals surface area contributed by atoms with E-state index in [2.05, 4.69) is 40.7 Å². The Balaban J connectivity index is 1.36. The number of carbonyl (C=O) groups excluding carboxylic acids is 3. The van der Waals surface area contributed by atoms with Gasteiger partial charge in [-0.2, -0.15) is 0 Å². The van der Waals surface area contributed by atoms with Gasteiger partial charge in [-0.05, 0) is 87.2 Å². The molecular formula is C42H60O9. The number of methoxy groups -OCH3 is 1. The Morgan fingerprint density at radius 1 is 0.843 bits per heavy atom. The summed E-state index contributed by atoms with van der Waals surface area (Å²) in [6.45, 7) is 18.2. The number of hydrogen-bond donors (Lipinski definition) is 1. The van der Waals surface area contributed by atoms with Crippen molar-refractivity contribution < 1.29 is 43.2 Å². The standard InChI is InChI=1S/C42H60O9/c1-25(43)49-34-22-32-37(3,4)33(51-36(45)27-14-12-11-13-15-27)23-35(50-26(2)44)41(32,9)31-19-20-39(7)29(16-17-30(39)40(31,34)8)28-18-21-42(47-10,48-24-28)38(5,6)46/h11-15,17,28-29,31-35,46H,16,18-24H2,1-10H3/t28-,29?,31?,32?,33-,34-,35+,39+,40+,41-,42+/m1/s1. The van der Waals surface area contributed by atoms with Crippen molar-refractivity contribution in [3.8, 4) is 0 Å². The van der Waals surface area contributed by atoms with Crippen LogP contribution in [0.25, 0.3) is 0 Å². The molecule has 1 aromatic rings. The lowest BCUT2D eigenvalue weighted by Crippen LogP contribution is -2.70. The lowest BCUT2D eigenvalue weighted by molar-refractivity contribution is -0.326. The number of benzene rings is 1. The monoisotopic (exact) mass is 708 g/mol. The molecule has 9 heteroatoms. The summed E-state index contributed by atoms with van der Waals surface area (Å²) in [6.07, 6.45) is 6.12. The van der Waals surface area contributed by atoms with E-state index in [0.717, 1.165) is 25.7 Å². The van der Waals surface area contributed by atoms with Crippen LogP contribution in [0.1, 0.15) is 118 Å². The van der Waals surface area contributed by atoms with E-state index in [1.807, 2.05) is 18.2 Å². The van der Waals surface area contributed by atoms with Crippen LogP contribution in [0.4, 0.5) is 0 Å². The molecule has 0 radical (unpaired) electrons. The number of carbonyl (C=O) groups is 3. The van der Waals surface area contributed by atoms with Crippen molar-refractivity contribution in [3.63, 3.8) is 0 Å². The average molecular weight is 709 g/mol. The first-order valence-corrected chi connectivity index (χ1v) is 19.0. The van der Waals surface area contributed by atoms with Gasteiger partial charge < -0.3 is 28.8 Å². The van der Waals surface area contributed by atoms with Crippen LogP contribution in [0.2, 0.25) is 0 Å². The number of hydrogen-bond acceptors (Lipinski definition) is 9. The predicted molar refractivity (Wildman–Crippen MR) is 191 cm³/mol. The van der Waals surface area contributed by atoms with Gasteiger partial charge in [0.15, 0.2) is 5.79 Å². The van der Waals surface area contributed by atoms with E-state index in [4.69, 9.17) is 23.7 Å². The highest BCUT2D eigenvalue weighted by molar-refractivity contribution is 5.89. The van der Waals surface area contributed by atoms with Crippen LogP contribution in [0.5, 0.6) is 0 Å². The van der Waals surface area contributed by atoms with E-state index in [9.17, 15) is 19.5 Å². The summed E-state index contributed by atoms with van der Waals surface area (Å²) in [7, 11) is 1.61. The van der Waals surface area contributed by atoms with E-state index in [1.165, 1.54) is 19.4 Å². The van der Waals surface area contributed by atoms with Gasteiger partial charge in [0, 0.05) is 50.0 Å². The van der Waals surface area contributed by atoms with E-state index in [-0.39, 0.29) is 35.1 Å². The van der Waals surface area contributed by atoms with Crippen molar-refractivity contribution in [2.75, 3.05) is 13.7 Å². The van der Waals surface area contributed by atoms with Crippen molar-refractivity contribution >= 4 is 17.9 Å². The molecule has 51 heavy (non-hydrogen) atoms. The lowest BCUT2D eigenvalue weighted by Gasteiger charge is -2.70. The molecule has 1 saturated heterocycles. The first-order valence-electron chi connectivity index (χ1n) is 19.0. The van der Waals surface area contributed by atoms with Crippen LogP contribution in [-0.4, -0.2) is 66.4 Å². The summed E-state index contributed by atoms with van der Waals surface area (Å²) in [5, 5.41) is 10.9. The predicted octanol–water partition coefficient (Wildman–Crippen LogP) is 7.44. The van der Waals surface area contributed by atoms with Gasteiger partial charge in [0.2, 0.25) is 0 Å². The molecule has 9 nitrogen and oxygen atoms in total. The van der Waals surface area contributed by atoms with Gasteiger partial charge in [0.1, 0.15) is 23.9 Å². The Labute approximate surface area is 304 Å². The van der Waals surface area contributed by atoms with Crippen LogP contribution < -0.4 is 0 Å². The molecule has 6 rings (SSSR count). The molecule has 4 fully saturated rings. The second-order valence-corrected chi connectivity index (χ2v) is 18.0. The van der Waals surface area contributed by atoms with E-state index < -0.39 is 51.9 Å². The maximum atomic E-state index is 13.4. The average Bonchev–Trinajstić information content (AvgIpc) is 3.42. The second kappa shape index (κ2) is 13.0. The highest BCUT2D eigenvalue weighted by atomic mass is 16.7. The fraction of sp³-hybridized carbons (Fsp3) is 0.738. The molecule has 1 aliphatic heterocycles. The summed E-state index contributed by atoms with van der Waals surface area (Å²) in [5.41, 5.74) is -1.00. The van der Waals surface area contributed by atoms with Crippen molar-refractivity contribution in [1.82, 2.24) is 0 Å². The van der Waals surface area contributed by atoms with Crippen LogP contribution >= 0.6 is 0 Å².